The Morgan fingerprint density at radius 3 is 2.40 bits per heavy atom. The summed E-state index contributed by atoms with van der Waals surface area (Å²) in [5.74, 6) is -0.857. The average molecular weight is 358 g/mol. The fourth-order valence-electron chi connectivity index (χ4n) is 2.50. The second-order valence-electron chi connectivity index (χ2n) is 5.63. The van der Waals surface area contributed by atoms with Crippen molar-refractivity contribution < 1.29 is 14.0 Å². The van der Waals surface area contributed by atoms with Crippen LogP contribution >= 0.6 is 12.2 Å². The third-order valence-electron chi connectivity index (χ3n) is 3.86. The SMILES string of the molecule is C[C@@]1(c2ccccc2)NC(=O)N(NC(=S)Nc2ccc(F)cc2)C1=O. The Morgan fingerprint density at radius 2 is 1.76 bits per heavy atom. The first kappa shape index (κ1) is 16.8. The molecule has 2 aromatic rings. The zero-order valence-electron chi connectivity index (χ0n) is 13.2. The lowest BCUT2D eigenvalue weighted by molar-refractivity contribution is -0.132. The Labute approximate surface area is 149 Å². The highest BCUT2D eigenvalue weighted by Gasteiger charge is 2.49. The molecule has 2 aromatic carbocycles. The monoisotopic (exact) mass is 358 g/mol. The number of anilines is 1. The van der Waals surface area contributed by atoms with Gasteiger partial charge in [-0.25, -0.2) is 9.18 Å². The molecule has 1 aliphatic rings. The summed E-state index contributed by atoms with van der Waals surface area (Å²) >= 11 is 5.11. The number of halogens is 1. The fraction of sp³-hybridized carbons (Fsp3) is 0.118. The van der Waals surface area contributed by atoms with Crippen LogP contribution in [0.5, 0.6) is 0 Å². The molecule has 25 heavy (non-hydrogen) atoms. The molecule has 3 N–H and O–H groups in total. The lowest BCUT2D eigenvalue weighted by Crippen LogP contribution is -2.49. The van der Waals surface area contributed by atoms with Crippen molar-refractivity contribution in [1.82, 2.24) is 15.8 Å². The number of hydrazine groups is 1. The van der Waals surface area contributed by atoms with E-state index in [4.69, 9.17) is 12.2 Å². The first-order valence-electron chi connectivity index (χ1n) is 7.45. The van der Waals surface area contributed by atoms with Crippen LogP contribution in [0, 0.1) is 5.82 Å². The molecule has 0 saturated carbocycles. The number of urea groups is 1. The van der Waals surface area contributed by atoms with Crippen LogP contribution in [0.3, 0.4) is 0 Å². The van der Waals surface area contributed by atoms with Gasteiger partial charge in [0.25, 0.3) is 5.91 Å². The smallest absolute Gasteiger partial charge is 0.331 e. The van der Waals surface area contributed by atoms with E-state index >= 15 is 0 Å². The van der Waals surface area contributed by atoms with Gasteiger partial charge in [-0.3, -0.25) is 10.2 Å². The van der Waals surface area contributed by atoms with E-state index in [1.807, 2.05) is 6.07 Å². The number of rotatable bonds is 3. The van der Waals surface area contributed by atoms with Crippen LogP contribution in [0.2, 0.25) is 0 Å². The van der Waals surface area contributed by atoms with E-state index in [1.165, 1.54) is 24.3 Å². The van der Waals surface area contributed by atoms with Crippen molar-refractivity contribution in [3.8, 4) is 0 Å². The molecule has 1 saturated heterocycles. The molecule has 8 heteroatoms. The molecule has 0 bridgehead atoms. The molecule has 0 aliphatic carbocycles. The summed E-state index contributed by atoms with van der Waals surface area (Å²) in [7, 11) is 0. The minimum absolute atomic E-state index is 0.0346. The predicted octanol–water partition coefficient (Wildman–Crippen LogP) is 2.49. The highest BCUT2D eigenvalue weighted by atomic mass is 32.1. The number of benzene rings is 2. The van der Waals surface area contributed by atoms with Crippen molar-refractivity contribution in [3.05, 3.63) is 66.0 Å². The molecule has 3 amide bonds. The molecule has 1 aliphatic heterocycles. The van der Waals surface area contributed by atoms with Crippen LogP contribution in [0.4, 0.5) is 14.9 Å². The topological polar surface area (TPSA) is 73.5 Å². The maximum absolute atomic E-state index is 12.9. The summed E-state index contributed by atoms with van der Waals surface area (Å²) in [6.07, 6.45) is 0. The largest absolute Gasteiger partial charge is 0.344 e. The molecule has 0 spiro atoms. The van der Waals surface area contributed by atoms with E-state index < -0.39 is 17.5 Å². The van der Waals surface area contributed by atoms with E-state index in [9.17, 15) is 14.0 Å². The zero-order valence-corrected chi connectivity index (χ0v) is 14.1. The van der Waals surface area contributed by atoms with Gasteiger partial charge in [0.15, 0.2) is 5.11 Å². The van der Waals surface area contributed by atoms with Crippen LogP contribution < -0.4 is 16.1 Å². The minimum atomic E-state index is -1.18. The van der Waals surface area contributed by atoms with Crippen molar-refractivity contribution in [3.63, 3.8) is 0 Å². The van der Waals surface area contributed by atoms with Gasteiger partial charge in [-0.05, 0) is 49.0 Å². The van der Waals surface area contributed by atoms with Crippen molar-refractivity contribution in [2.24, 2.45) is 0 Å². The van der Waals surface area contributed by atoms with Gasteiger partial charge in [0.05, 0.1) is 0 Å². The van der Waals surface area contributed by atoms with Gasteiger partial charge < -0.3 is 10.6 Å². The van der Waals surface area contributed by atoms with E-state index in [0.29, 0.717) is 11.3 Å². The van der Waals surface area contributed by atoms with Crippen LogP contribution in [0.1, 0.15) is 12.5 Å². The molecular formula is C17H15FN4O2S. The Morgan fingerprint density at radius 1 is 1.12 bits per heavy atom. The number of carbonyl (C=O) groups is 2. The van der Waals surface area contributed by atoms with Crippen LogP contribution in [-0.4, -0.2) is 22.1 Å². The van der Waals surface area contributed by atoms with E-state index in [0.717, 1.165) is 5.01 Å². The Hall–Kier alpha value is -3.00. The van der Waals surface area contributed by atoms with Gasteiger partial charge in [-0.1, -0.05) is 30.3 Å². The average Bonchev–Trinajstić information content (AvgIpc) is 2.82. The predicted molar refractivity (Wildman–Crippen MR) is 94.9 cm³/mol. The molecule has 1 atom stereocenters. The normalized spacial score (nSPS) is 19.5. The van der Waals surface area contributed by atoms with Crippen molar-refractivity contribution in [2.45, 2.75) is 12.5 Å². The Kier molecular flexibility index (Phi) is 4.37. The summed E-state index contributed by atoms with van der Waals surface area (Å²) in [6.45, 7) is 1.63. The van der Waals surface area contributed by atoms with Gasteiger partial charge in [-0.2, -0.15) is 5.01 Å². The van der Waals surface area contributed by atoms with Crippen LogP contribution in [0.15, 0.2) is 54.6 Å². The summed E-state index contributed by atoms with van der Waals surface area (Å²) in [6, 6.07) is 13.8. The number of hydrogen-bond acceptors (Lipinski definition) is 3. The molecule has 0 unspecified atom stereocenters. The number of nitrogens with zero attached hydrogens (tertiary/aromatic N) is 1. The summed E-state index contributed by atoms with van der Waals surface area (Å²) in [5, 5.41) is 6.30. The molecule has 1 fully saturated rings. The number of imide groups is 1. The molecule has 3 rings (SSSR count). The highest BCUT2D eigenvalue weighted by molar-refractivity contribution is 7.80. The van der Waals surface area contributed by atoms with Gasteiger partial charge in [0, 0.05) is 5.69 Å². The molecule has 0 radical (unpaired) electrons. The standard InChI is InChI=1S/C17H15FN4O2S/c1-17(11-5-3-2-4-6-11)14(23)22(16(24)20-17)21-15(25)19-13-9-7-12(18)8-10-13/h2-10H,1H3,(H,20,24)(H2,19,21,25)/t17-/m0/s1. The minimum Gasteiger partial charge on any atom is -0.331 e. The Bertz CT molecular complexity index is 828. The molecule has 128 valence electrons. The number of carbonyl (C=O) groups excluding carboxylic acids is 2. The maximum atomic E-state index is 12.9. The fourth-order valence-corrected chi connectivity index (χ4v) is 2.71. The molecule has 0 aromatic heterocycles. The maximum Gasteiger partial charge on any atom is 0.344 e. The first-order chi connectivity index (χ1) is 11.9. The number of hydrogen-bond donors (Lipinski definition) is 3. The second kappa shape index (κ2) is 6.48. The third-order valence-corrected chi connectivity index (χ3v) is 4.05. The second-order valence-corrected chi connectivity index (χ2v) is 6.04. The van der Waals surface area contributed by atoms with Gasteiger partial charge in [0.2, 0.25) is 0 Å². The van der Waals surface area contributed by atoms with Crippen molar-refractivity contribution in [1.29, 1.82) is 0 Å². The number of thiocarbonyl (C=S) groups is 1. The quantitative estimate of drug-likeness (QED) is 0.581. The lowest BCUT2D eigenvalue weighted by Gasteiger charge is -2.22. The van der Waals surface area contributed by atoms with Crippen molar-refractivity contribution >= 4 is 35.0 Å². The van der Waals surface area contributed by atoms with E-state index in [1.54, 1.807) is 31.2 Å². The van der Waals surface area contributed by atoms with E-state index in [2.05, 4.69) is 16.1 Å². The van der Waals surface area contributed by atoms with E-state index in [-0.39, 0.29) is 10.9 Å². The zero-order chi connectivity index (χ0) is 18.0. The highest BCUT2D eigenvalue weighted by Crippen LogP contribution is 2.27. The van der Waals surface area contributed by atoms with Crippen molar-refractivity contribution in [2.75, 3.05) is 5.32 Å². The molecular weight excluding hydrogens is 343 g/mol. The summed E-state index contributed by atoms with van der Waals surface area (Å²) in [5.41, 5.74) is 2.57. The summed E-state index contributed by atoms with van der Waals surface area (Å²) < 4.78 is 12.9. The van der Waals surface area contributed by atoms with Crippen LogP contribution in [0.25, 0.3) is 0 Å². The van der Waals surface area contributed by atoms with Crippen LogP contribution in [-0.2, 0) is 10.3 Å². The molecule has 1 heterocycles. The Balaban J connectivity index is 1.72. The molecule has 6 nitrogen and oxygen atoms in total. The van der Waals surface area contributed by atoms with Gasteiger partial charge >= 0.3 is 6.03 Å². The van der Waals surface area contributed by atoms with Gasteiger partial charge in [0.1, 0.15) is 11.4 Å². The number of nitrogens with one attached hydrogen (secondary N) is 3. The third kappa shape index (κ3) is 3.29. The number of amides is 3. The summed E-state index contributed by atoms with van der Waals surface area (Å²) in [4.78, 5) is 24.9. The first-order valence-corrected chi connectivity index (χ1v) is 7.86. The van der Waals surface area contributed by atoms with Gasteiger partial charge in [-0.15, -0.1) is 0 Å². The lowest BCUT2D eigenvalue weighted by atomic mass is 9.92.